The molecule has 9 heteroatoms. The molecule has 0 atom stereocenters. The fourth-order valence-electron chi connectivity index (χ4n) is 2.01. The minimum absolute atomic E-state index is 0.101. The molecule has 2 aromatic carbocycles. The number of carboxylic acid groups (broad SMARTS) is 1. The predicted octanol–water partition coefficient (Wildman–Crippen LogP) is 0.706. The van der Waals surface area contributed by atoms with E-state index in [2.05, 4.69) is 0 Å². The highest BCUT2D eigenvalue weighted by Gasteiger charge is 2.19. The number of nitrogens with one attached hydrogen (secondary N) is 1. The van der Waals surface area contributed by atoms with E-state index in [1.54, 1.807) is 0 Å². The zero-order chi connectivity index (χ0) is 18.7. The molecule has 0 aliphatic heterocycles. The molecule has 0 spiro atoms. The number of hydrogen-bond acceptors (Lipinski definition) is 7. The van der Waals surface area contributed by atoms with Crippen LogP contribution >= 0.6 is 0 Å². The van der Waals surface area contributed by atoms with Crippen LogP contribution in [0.5, 0.6) is 23.0 Å². The maximum absolute atomic E-state index is 12.1. The lowest BCUT2D eigenvalue weighted by Gasteiger charge is -2.09. The number of hydrogen-bond donors (Lipinski definition) is 6. The molecule has 25 heavy (non-hydrogen) atoms. The van der Waals surface area contributed by atoms with E-state index in [-0.39, 0.29) is 11.1 Å². The highest BCUT2D eigenvalue weighted by Crippen LogP contribution is 2.28. The topological polar surface area (TPSA) is 164 Å². The first-order valence-corrected chi connectivity index (χ1v) is 6.83. The summed E-state index contributed by atoms with van der Waals surface area (Å²) in [4.78, 5) is 34.7. The zero-order valence-corrected chi connectivity index (χ0v) is 12.6. The molecule has 130 valence electrons. The van der Waals surface area contributed by atoms with Gasteiger partial charge in [0, 0.05) is 11.1 Å². The first kappa shape index (κ1) is 17.6. The van der Waals surface area contributed by atoms with Crippen LogP contribution in [0, 0.1) is 0 Å². The van der Waals surface area contributed by atoms with Gasteiger partial charge < -0.3 is 25.5 Å². The highest BCUT2D eigenvalue weighted by molar-refractivity contribution is 6.11. The standard InChI is InChI=1S/C16H13NO8/c18-10-2-1-7(3-13(10)21)15(24)17-16(25)9-6-11(19)8(4-12(9)20)5-14(22)23/h1-4,6,18-21H,5H2,(H,22,23)(H,17,24,25). The molecule has 0 radical (unpaired) electrons. The summed E-state index contributed by atoms with van der Waals surface area (Å²) in [6.07, 6.45) is -0.562. The van der Waals surface area contributed by atoms with Gasteiger partial charge in [0.2, 0.25) is 0 Å². The third-order valence-corrected chi connectivity index (χ3v) is 3.25. The largest absolute Gasteiger partial charge is 0.508 e. The van der Waals surface area contributed by atoms with Gasteiger partial charge >= 0.3 is 5.97 Å². The van der Waals surface area contributed by atoms with E-state index in [4.69, 9.17) is 5.11 Å². The van der Waals surface area contributed by atoms with E-state index in [0.29, 0.717) is 0 Å². The van der Waals surface area contributed by atoms with Crippen molar-refractivity contribution in [2.45, 2.75) is 6.42 Å². The highest BCUT2D eigenvalue weighted by atomic mass is 16.4. The van der Waals surface area contributed by atoms with Crippen LogP contribution in [0.2, 0.25) is 0 Å². The molecule has 6 N–H and O–H groups in total. The Balaban J connectivity index is 2.22. The Labute approximate surface area is 140 Å². The van der Waals surface area contributed by atoms with Crippen molar-refractivity contribution < 1.29 is 39.9 Å². The summed E-state index contributed by atoms with van der Waals surface area (Å²) in [5, 5.41) is 48.7. The Hall–Kier alpha value is -3.75. The fourth-order valence-corrected chi connectivity index (χ4v) is 2.01. The summed E-state index contributed by atoms with van der Waals surface area (Å²) < 4.78 is 0. The average molecular weight is 347 g/mol. The third kappa shape index (κ3) is 3.96. The molecule has 0 saturated heterocycles. The first-order chi connectivity index (χ1) is 11.7. The van der Waals surface area contributed by atoms with Crippen LogP contribution in [0.3, 0.4) is 0 Å². The van der Waals surface area contributed by atoms with Gasteiger partial charge in [0.15, 0.2) is 11.5 Å². The maximum Gasteiger partial charge on any atom is 0.307 e. The molecule has 2 amide bonds. The van der Waals surface area contributed by atoms with Crippen LogP contribution in [0.1, 0.15) is 26.3 Å². The second-order valence-electron chi connectivity index (χ2n) is 5.06. The summed E-state index contributed by atoms with van der Waals surface area (Å²) in [6.45, 7) is 0. The summed E-state index contributed by atoms with van der Waals surface area (Å²) >= 11 is 0. The van der Waals surface area contributed by atoms with Gasteiger partial charge in [-0.05, 0) is 30.3 Å². The van der Waals surface area contributed by atoms with E-state index < -0.39 is 52.8 Å². The smallest absolute Gasteiger partial charge is 0.307 e. The number of benzene rings is 2. The molecule has 2 rings (SSSR count). The van der Waals surface area contributed by atoms with Crippen molar-refractivity contribution in [3.63, 3.8) is 0 Å². The van der Waals surface area contributed by atoms with Crippen molar-refractivity contribution in [2.24, 2.45) is 0 Å². The van der Waals surface area contributed by atoms with Crippen LogP contribution in [-0.4, -0.2) is 43.3 Å². The van der Waals surface area contributed by atoms with Gasteiger partial charge in [0.25, 0.3) is 11.8 Å². The van der Waals surface area contributed by atoms with Crippen LogP contribution in [-0.2, 0) is 11.2 Å². The second-order valence-corrected chi connectivity index (χ2v) is 5.06. The third-order valence-electron chi connectivity index (χ3n) is 3.25. The number of rotatable bonds is 4. The number of carbonyl (C=O) groups is 3. The fraction of sp³-hybridized carbons (Fsp3) is 0.0625. The minimum Gasteiger partial charge on any atom is -0.508 e. The van der Waals surface area contributed by atoms with Crippen molar-refractivity contribution in [1.82, 2.24) is 5.32 Å². The molecule has 0 bridgehead atoms. The number of phenolic OH excluding ortho intramolecular Hbond substituents is 4. The summed E-state index contributed by atoms with van der Waals surface area (Å²) in [7, 11) is 0. The lowest BCUT2D eigenvalue weighted by atomic mass is 10.1. The lowest BCUT2D eigenvalue weighted by molar-refractivity contribution is -0.136. The normalized spacial score (nSPS) is 10.2. The number of carbonyl (C=O) groups excluding carboxylic acids is 2. The number of imide groups is 1. The monoisotopic (exact) mass is 347 g/mol. The summed E-state index contributed by atoms with van der Waals surface area (Å²) in [5.74, 6) is -5.36. The second kappa shape index (κ2) is 6.79. The Morgan fingerprint density at radius 3 is 2.08 bits per heavy atom. The molecule has 0 aromatic heterocycles. The van der Waals surface area contributed by atoms with E-state index in [1.807, 2.05) is 5.32 Å². The van der Waals surface area contributed by atoms with Crippen LogP contribution in [0.15, 0.2) is 30.3 Å². The minimum atomic E-state index is -1.24. The van der Waals surface area contributed by atoms with E-state index in [9.17, 15) is 34.8 Å². The summed E-state index contributed by atoms with van der Waals surface area (Å²) in [5.41, 5.74) is -0.672. The summed E-state index contributed by atoms with van der Waals surface area (Å²) in [6, 6.07) is 4.90. The lowest BCUT2D eigenvalue weighted by Crippen LogP contribution is -2.30. The molecule has 9 nitrogen and oxygen atoms in total. The predicted molar refractivity (Wildman–Crippen MR) is 82.7 cm³/mol. The van der Waals surface area contributed by atoms with Gasteiger partial charge in [-0.3, -0.25) is 19.7 Å². The van der Waals surface area contributed by atoms with Crippen molar-refractivity contribution >= 4 is 17.8 Å². The molecular weight excluding hydrogens is 334 g/mol. The molecule has 0 aliphatic carbocycles. The number of aromatic hydroxyl groups is 4. The van der Waals surface area contributed by atoms with Crippen LogP contribution in [0.25, 0.3) is 0 Å². The van der Waals surface area contributed by atoms with Gasteiger partial charge in [0.05, 0.1) is 12.0 Å². The maximum atomic E-state index is 12.1. The van der Waals surface area contributed by atoms with E-state index in [1.165, 1.54) is 0 Å². The Bertz CT molecular complexity index is 875. The van der Waals surface area contributed by atoms with Crippen LogP contribution in [0.4, 0.5) is 0 Å². The van der Waals surface area contributed by atoms with E-state index >= 15 is 0 Å². The van der Waals surface area contributed by atoms with Gasteiger partial charge in [-0.2, -0.15) is 0 Å². The first-order valence-electron chi connectivity index (χ1n) is 6.83. The molecule has 2 aromatic rings. The van der Waals surface area contributed by atoms with Gasteiger partial charge in [-0.15, -0.1) is 0 Å². The quantitative estimate of drug-likeness (QED) is 0.267. The zero-order valence-electron chi connectivity index (χ0n) is 12.6. The molecule has 0 fully saturated rings. The number of aliphatic carboxylic acids is 1. The van der Waals surface area contributed by atoms with Gasteiger partial charge in [-0.25, -0.2) is 0 Å². The molecule has 0 unspecified atom stereocenters. The molecule has 0 heterocycles. The van der Waals surface area contributed by atoms with Gasteiger partial charge in [-0.1, -0.05) is 0 Å². The van der Waals surface area contributed by atoms with Crippen molar-refractivity contribution in [1.29, 1.82) is 0 Å². The number of amides is 2. The molecule has 0 saturated carbocycles. The molecular formula is C16H13NO8. The Kier molecular flexibility index (Phi) is 4.78. The van der Waals surface area contributed by atoms with Crippen LogP contribution < -0.4 is 5.32 Å². The van der Waals surface area contributed by atoms with Crippen molar-refractivity contribution in [3.05, 3.63) is 47.0 Å². The SMILES string of the molecule is O=C(O)Cc1cc(O)c(C(=O)NC(=O)c2ccc(O)c(O)c2)cc1O. The number of phenols is 4. The van der Waals surface area contributed by atoms with Crippen molar-refractivity contribution in [2.75, 3.05) is 0 Å². The van der Waals surface area contributed by atoms with Gasteiger partial charge in [0.1, 0.15) is 11.5 Å². The Morgan fingerprint density at radius 2 is 1.48 bits per heavy atom. The van der Waals surface area contributed by atoms with E-state index in [0.717, 1.165) is 30.3 Å². The average Bonchev–Trinajstić information content (AvgIpc) is 2.52. The number of carboxylic acids is 1. The molecule has 0 aliphatic rings. The van der Waals surface area contributed by atoms with Crippen molar-refractivity contribution in [3.8, 4) is 23.0 Å². The Morgan fingerprint density at radius 1 is 0.800 bits per heavy atom.